The van der Waals surface area contributed by atoms with Gasteiger partial charge >= 0.3 is 12.2 Å². The Morgan fingerprint density at radius 2 is 1.07 bits per heavy atom. The average molecular weight is 773 g/mol. The molecule has 2 atom stereocenters. The first-order valence-electron chi connectivity index (χ1n) is 19.4. The molecule has 2 fully saturated rings. The summed E-state index contributed by atoms with van der Waals surface area (Å²) >= 11 is 0. The Morgan fingerprint density at radius 1 is 0.661 bits per heavy atom. The molecule has 2 aliphatic heterocycles. The Morgan fingerprint density at radius 3 is 1.45 bits per heavy atom. The maximum atomic E-state index is 13.0. The minimum atomic E-state index is -0.584. The molecule has 302 valence electrons. The lowest BCUT2D eigenvalue weighted by molar-refractivity contribution is 0.0208. The van der Waals surface area contributed by atoms with Crippen molar-refractivity contribution < 1.29 is 38.0 Å². The van der Waals surface area contributed by atoms with Crippen molar-refractivity contribution in [2.75, 3.05) is 53.7 Å². The minimum absolute atomic E-state index is 0.200. The van der Waals surface area contributed by atoms with E-state index >= 15 is 0 Å². The number of likely N-dealkylation sites (tertiary alicyclic amines) is 2. The van der Waals surface area contributed by atoms with Crippen LogP contribution in [0.3, 0.4) is 0 Å². The van der Waals surface area contributed by atoms with Crippen LogP contribution in [-0.4, -0.2) is 107 Å². The third-order valence-electron chi connectivity index (χ3n) is 9.55. The third-order valence-corrected chi connectivity index (χ3v) is 9.55. The summed E-state index contributed by atoms with van der Waals surface area (Å²) in [7, 11) is 3.28. The number of amides is 2. The number of nitrogens with one attached hydrogen (secondary N) is 2. The Labute approximate surface area is 329 Å². The van der Waals surface area contributed by atoms with Crippen LogP contribution in [0.5, 0.6) is 11.5 Å². The van der Waals surface area contributed by atoms with Crippen LogP contribution >= 0.6 is 0 Å². The van der Waals surface area contributed by atoms with Gasteiger partial charge in [-0.2, -0.15) is 0 Å². The molecule has 0 spiro atoms. The molecule has 0 radical (unpaired) electrons. The molecule has 14 nitrogen and oxygen atoms in total. The van der Waals surface area contributed by atoms with E-state index in [1.807, 2.05) is 77.9 Å². The number of carbonyl (C=O) groups is 2. The first kappa shape index (κ1) is 40.6. The highest BCUT2D eigenvalue weighted by atomic mass is 16.6. The first-order valence-corrected chi connectivity index (χ1v) is 19.4. The molecule has 2 aromatic heterocycles. The number of rotatable bonds is 13. The van der Waals surface area contributed by atoms with Gasteiger partial charge in [0.15, 0.2) is 0 Å². The number of aromatic amines is 2. The zero-order chi connectivity index (χ0) is 40.0. The summed E-state index contributed by atoms with van der Waals surface area (Å²) < 4.78 is 34.7. The molecular formula is C42H56N6O8. The van der Waals surface area contributed by atoms with Crippen molar-refractivity contribution in [3.63, 3.8) is 0 Å². The number of ether oxygens (including phenoxy) is 6. The van der Waals surface area contributed by atoms with Crippen molar-refractivity contribution in [3.05, 3.63) is 60.4 Å². The molecule has 2 N–H and O–H groups in total. The maximum absolute atomic E-state index is 13.0. The van der Waals surface area contributed by atoms with Gasteiger partial charge in [-0.25, -0.2) is 19.6 Å². The number of benzene rings is 2. The smallest absolute Gasteiger partial charge is 0.410 e. The number of hydrogen-bond donors (Lipinski definition) is 2. The SMILES string of the molecule is COCCOc1cc(-c2cnc([C@@H]3CCCN3C(=O)OC(C)(C)C)[nH]2)ccc1-c1ccc(-c2cnc([C@@H]3CCCN3C(=O)OC(C)(C)C)[nH]2)cc1OCCOC. The van der Waals surface area contributed by atoms with E-state index in [9.17, 15) is 9.59 Å². The predicted octanol–water partition coefficient (Wildman–Crippen LogP) is 8.33. The van der Waals surface area contributed by atoms with Gasteiger partial charge in [-0.3, -0.25) is 9.80 Å². The lowest BCUT2D eigenvalue weighted by Crippen LogP contribution is -2.36. The van der Waals surface area contributed by atoms with Gasteiger partial charge in [0.2, 0.25) is 0 Å². The van der Waals surface area contributed by atoms with Crippen LogP contribution in [0.25, 0.3) is 33.6 Å². The van der Waals surface area contributed by atoms with Crippen molar-refractivity contribution in [2.45, 2.75) is 90.5 Å². The molecule has 6 rings (SSSR count). The molecule has 2 aliphatic rings. The number of carbonyl (C=O) groups excluding carboxylic acids is 2. The Hall–Kier alpha value is -5.08. The van der Waals surface area contributed by atoms with Gasteiger partial charge in [-0.05, 0) is 91.5 Å². The van der Waals surface area contributed by atoms with Crippen LogP contribution < -0.4 is 9.47 Å². The average Bonchev–Trinajstić information content (AvgIpc) is 3.97. The van der Waals surface area contributed by atoms with Gasteiger partial charge in [0.1, 0.15) is 47.6 Å². The second kappa shape index (κ2) is 17.4. The lowest BCUT2D eigenvalue weighted by Gasteiger charge is -2.27. The Kier molecular flexibility index (Phi) is 12.6. The zero-order valence-corrected chi connectivity index (χ0v) is 33.9. The quantitative estimate of drug-likeness (QED) is 0.127. The van der Waals surface area contributed by atoms with Crippen LogP contribution in [0.4, 0.5) is 9.59 Å². The Balaban J connectivity index is 1.29. The van der Waals surface area contributed by atoms with E-state index in [4.69, 9.17) is 38.4 Å². The number of imidazole rings is 2. The molecule has 2 saturated heterocycles. The monoisotopic (exact) mass is 772 g/mol. The molecular weight excluding hydrogens is 716 g/mol. The van der Waals surface area contributed by atoms with Crippen LogP contribution in [0.1, 0.15) is 91.0 Å². The maximum Gasteiger partial charge on any atom is 0.410 e. The normalized spacial score (nSPS) is 17.4. The molecule has 14 heteroatoms. The molecule has 0 aliphatic carbocycles. The molecule has 4 heterocycles. The number of nitrogens with zero attached hydrogens (tertiary/aromatic N) is 4. The topological polar surface area (TPSA) is 153 Å². The molecule has 0 unspecified atom stereocenters. The standard InChI is InChI=1S/C42H56N6O8/c1-41(2,3)55-39(49)47-17-9-11-33(47)37-43-25-31(45-37)27-13-15-29(35(23-27)53-21-19-51-7)30-16-14-28(24-36(30)54-22-20-52-8)32-26-44-38(46-32)34-12-10-18-48(34)40(50)56-42(4,5)6/h13-16,23-26,33-34H,9-12,17-22H2,1-8H3,(H,43,45)(H,44,46)/t33-,34-/m0/s1. The minimum Gasteiger partial charge on any atom is -0.491 e. The molecule has 56 heavy (non-hydrogen) atoms. The van der Waals surface area contributed by atoms with Crippen LogP contribution in [-0.2, 0) is 18.9 Å². The van der Waals surface area contributed by atoms with E-state index in [0.29, 0.717) is 62.7 Å². The molecule has 0 saturated carbocycles. The van der Waals surface area contributed by atoms with Crippen LogP contribution in [0, 0.1) is 0 Å². The van der Waals surface area contributed by atoms with E-state index in [0.717, 1.165) is 59.3 Å². The molecule has 4 aromatic rings. The molecule has 0 bridgehead atoms. The summed E-state index contributed by atoms with van der Waals surface area (Å²) in [4.78, 5) is 45.9. The van der Waals surface area contributed by atoms with Gasteiger partial charge in [0.25, 0.3) is 0 Å². The van der Waals surface area contributed by atoms with E-state index in [1.54, 1.807) is 36.4 Å². The van der Waals surface area contributed by atoms with Crippen LogP contribution in [0.2, 0.25) is 0 Å². The highest BCUT2D eigenvalue weighted by Gasteiger charge is 2.36. The van der Waals surface area contributed by atoms with E-state index < -0.39 is 11.2 Å². The van der Waals surface area contributed by atoms with E-state index in [1.165, 1.54) is 0 Å². The molecule has 2 aromatic carbocycles. The zero-order valence-electron chi connectivity index (χ0n) is 33.9. The summed E-state index contributed by atoms with van der Waals surface area (Å²) in [5, 5.41) is 0. The number of hydrogen-bond acceptors (Lipinski definition) is 10. The summed E-state index contributed by atoms with van der Waals surface area (Å²) in [6, 6.07) is 11.6. The van der Waals surface area contributed by atoms with Gasteiger partial charge in [0.05, 0.1) is 49.1 Å². The van der Waals surface area contributed by atoms with Gasteiger partial charge < -0.3 is 38.4 Å². The van der Waals surface area contributed by atoms with Crippen molar-refractivity contribution in [3.8, 4) is 45.1 Å². The van der Waals surface area contributed by atoms with E-state index in [-0.39, 0.29) is 24.3 Å². The second-order valence-electron chi connectivity index (χ2n) is 16.1. The lowest BCUT2D eigenvalue weighted by atomic mass is 9.98. The second-order valence-corrected chi connectivity index (χ2v) is 16.1. The predicted molar refractivity (Wildman–Crippen MR) is 212 cm³/mol. The van der Waals surface area contributed by atoms with Gasteiger partial charge in [0, 0.05) is 49.6 Å². The Bertz CT molecular complexity index is 1820. The summed E-state index contributed by atoms with van der Waals surface area (Å²) in [6.45, 7) is 13.9. The first-order chi connectivity index (χ1) is 26.7. The number of methoxy groups -OCH3 is 2. The van der Waals surface area contributed by atoms with E-state index in [2.05, 4.69) is 9.97 Å². The summed E-state index contributed by atoms with van der Waals surface area (Å²) in [5.74, 6) is 2.71. The fourth-order valence-corrected chi connectivity index (χ4v) is 7.02. The number of aromatic nitrogens is 4. The van der Waals surface area contributed by atoms with Crippen LogP contribution in [0.15, 0.2) is 48.8 Å². The fraction of sp³-hybridized carbons (Fsp3) is 0.524. The molecule has 2 amide bonds. The van der Waals surface area contributed by atoms with Crippen molar-refractivity contribution in [1.82, 2.24) is 29.7 Å². The van der Waals surface area contributed by atoms with Crippen molar-refractivity contribution >= 4 is 12.2 Å². The van der Waals surface area contributed by atoms with Gasteiger partial charge in [-0.15, -0.1) is 0 Å². The van der Waals surface area contributed by atoms with Gasteiger partial charge in [-0.1, -0.05) is 12.1 Å². The highest BCUT2D eigenvalue weighted by Crippen LogP contribution is 2.42. The fourth-order valence-electron chi connectivity index (χ4n) is 7.02. The number of H-pyrrole nitrogens is 2. The summed E-state index contributed by atoms with van der Waals surface area (Å²) in [6.07, 6.45) is 6.24. The van der Waals surface area contributed by atoms with Crippen molar-refractivity contribution in [2.24, 2.45) is 0 Å². The largest absolute Gasteiger partial charge is 0.491 e. The van der Waals surface area contributed by atoms with Crippen molar-refractivity contribution in [1.29, 1.82) is 0 Å². The highest BCUT2D eigenvalue weighted by molar-refractivity contribution is 5.81. The summed E-state index contributed by atoms with van der Waals surface area (Å²) in [5.41, 5.74) is 3.84. The third kappa shape index (κ3) is 9.83.